The fraction of sp³-hybridized carbons (Fsp3) is 0.900. The van der Waals surface area contributed by atoms with Crippen LogP contribution in [0, 0.1) is 0 Å². The molecule has 76 valence electrons. The lowest BCUT2D eigenvalue weighted by Gasteiger charge is -2.32. The van der Waals surface area contributed by atoms with Gasteiger partial charge in [-0.15, -0.1) is 0 Å². The Morgan fingerprint density at radius 1 is 1.69 bits per heavy atom. The fourth-order valence-corrected chi connectivity index (χ4v) is 1.67. The predicted octanol–water partition coefficient (Wildman–Crippen LogP) is 0.995. The Labute approximate surface area is 80.5 Å². The Morgan fingerprint density at radius 3 is 2.92 bits per heavy atom. The van der Waals surface area contributed by atoms with Gasteiger partial charge in [-0.1, -0.05) is 6.92 Å². The molecule has 2 atom stereocenters. The van der Waals surface area contributed by atoms with Gasteiger partial charge in [0.05, 0.1) is 0 Å². The summed E-state index contributed by atoms with van der Waals surface area (Å²) in [6.07, 6.45) is 2.84. The number of carbonyl (C=O) groups excluding carboxylic acids is 1. The first-order chi connectivity index (χ1) is 6.13. The van der Waals surface area contributed by atoms with Crippen LogP contribution in [0.1, 0.15) is 33.1 Å². The first kappa shape index (κ1) is 10.5. The summed E-state index contributed by atoms with van der Waals surface area (Å²) in [5.41, 5.74) is 0. The van der Waals surface area contributed by atoms with Gasteiger partial charge in [0.25, 0.3) is 0 Å². The molecule has 1 aliphatic rings. The molecule has 1 amide bonds. The van der Waals surface area contributed by atoms with Crippen LogP contribution in [0.3, 0.4) is 0 Å². The van der Waals surface area contributed by atoms with E-state index in [0.29, 0.717) is 18.5 Å². The number of amides is 1. The average molecular weight is 184 g/mol. The third-order valence-electron chi connectivity index (χ3n) is 2.76. The Bertz CT molecular complexity index is 182. The van der Waals surface area contributed by atoms with Crippen LogP contribution >= 0.6 is 0 Å². The van der Waals surface area contributed by atoms with E-state index in [1.54, 1.807) is 0 Å². The van der Waals surface area contributed by atoms with Crippen molar-refractivity contribution in [1.82, 2.24) is 10.2 Å². The first-order valence-electron chi connectivity index (χ1n) is 5.13. The zero-order valence-corrected chi connectivity index (χ0v) is 8.84. The summed E-state index contributed by atoms with van der Waals surface area (Å²) in [6.45, 7) is 5.23. The lowest BCUT2D eigenvalue weighted by Crippen LogP contribution is -2.49. The number of nitrogens with zero attached hydrogens (tertiary/aromatic N) is 1. The number of likely N-dealkylation sites (tertiary alicyclic amines) is 1. The van der Waals surface area contributed by atoms with Gasteiger partial charge in [-0.2, -0.15) is 0 Å². The van der Waals surface area contributed by atoms with Crippen LogP contribution in [-0.4, -0.2) is 36.5 Å². The standard InChI is InChI=1S/C10H20N2O/c1-4-8(2)11-9-5-6-10(13)12(3)7-9/h8-9,11H,4-7H2,1-3H3. The third-order valence-corrected chi connectivity index (χ3v) is 2.76. The fourth-order valence-electron chi connectivity index (χ4n) is 1.67. The van der Waals surface area contributed by atoms with Crippen LogP contribution in [0.15, 0.2) is 0 Å². The summed E-state index contributed by atoms with van der Waals surface area (Å²) in [7, 11) is 1.88. The van der Waals surface area contributed by atoms with E-state index < -0.39 is 0 Å². The molecule has 1 N–H and O–H groups in total. The van der Waals surface area contributed by atoms with E-state index in [2.05, 4.69) is 19.2 Å². The SMILES string of the molecule is CCC(C)NC1CCC(=O)N(C)C1. The Kier molecular flexibility index (Phi) is 3.72. The maximum atomic E-state index is 11.2. The quantitative estimate of drug-likeness (QED) is 0.709. The maximum Gasteiger partial charge on any atom is 0.222 e. The lowest BCUT2D eigenvalue weighted by atomic mass is 10.0. The van der Waals surface area contributed by atoms with Crippen molar-refractivity contribution in [2.45, 2.75) is 45.2 Å². The van der Waals surface area contributed by atoms with Crippen molar-refractivity contribution in [3.05, 3.63) is 0 Å². The van der Waals surface area contributed by atoms with Crippen LogP contribution in [0.2, 0.25) is 0 Å². The van der Waals surface area contributed by atoms with Gasteiger partial charge < -0.3 is 10.2 Å². The highest BCUT2D eigenvalue weighted by Gasteiger charge is 2.22. The van der Waals surface area contributed by atoms with Crippen LogP contribution in [0.5, 0.6) is 0 Å². The van der Waals surface area contributed by atoms with Crippen LogP contribution < -0.4 is 5.32 Å². The second-order valence-electron chi connectivity index (χ2n) is 3.99. The number of likely N-dealkylation sites (N-methyl/N-ethyl adjacent to an activating group) is 1. The summed E-state index contributed by atoms with van der Waals surface area (Å²) in [5, 5.41) is 3.53. The minimum atomic E-state index is 0.280. The molecule has 0 spiro atoms. The van der Waals surface area contributed by atoms with Crippen molar-refractivity contribution in [3.8, 4) is 0 Å². The Hall–Kier alpha value is -0.570. The number of rotatable bonds is 3. The van der Waals surface area contributed by atoms with Gasteiger partial charge in [0.2, 0.25) is 5.91 Å². The van der Waals surface area contributed by atoms with Gasteiger partial charge in [0.1, 0.15) is 0 Å². The highest BCUT2D eigenvalue weighted by molar-refractivity contribution is 5.76. The Morgan fingerprint density at radius 2 is 2.38 bits per heavy atom. The molecule has 0 bridgehead atoms. The molecule has 1 aliphatic heterocycles. The maximum absolute atomic E-state index is 11.2. The molecule has 0 aliphatic carbocycles. The summed E-state index contributed by atoms with van der Waals surface area (Å²) in [4.78, 5) is 13.0. The van der Waals surface area contributed by atoms with E-state index in [-0.39, 0.29) is 5.91 Å². The van der Waals surface area contributed by atoms with E-state index in [9.17, 15) is 4.79 Å². The van der Waals surface area contributed by atoms with E-state index >= 15 is 0 Å². The predicted molar refractivity (Wildman–Crippen MR) is 53.5 cm³/mol. The van der Waals surface area contributed by atoms with Gasteiger partial charge in [-0.3, -0.25) is 4.79 Å². The number of hydrogen-bond donors (Lipinski definition) is 1. The van der Waals surface area contributed by atoms with Gasteiger partial charge in [0.15, 0.2) is 0 Å². The molecule has 1 rings (SSSR count). The first-order valence-corrected chi connectivity index (χ1v) is 5.13. The number of nitrogens with one attached hydrogen (secondary N) is 1. The van der Waals surface area contributed by atoms with Gasteiger partial charge in [0, 0.05) is 32.1 Å². The normalized spacial score (nSPS) is 26.2. The van der Waals surface area contributed by atoms with E-state index in [4.69, 9.17) is 0 Å². The highest BCUT2D eigenvalue weighted by atomic mass is 16.2. The van der Waals surface area contributed by atoms with Crippen molar-refractivity contribution >= 4 is 5.91 Å². The molecule has 0 aromatic rings. The highest BCUT2D eigenvalue weighted by Crippen LogP contribution is 2.10. The van der Waals surface area contributed by atoms with Crippen molar-refractivity contribution in [2.75, 3.05) is 13.6 Å². The molecule has 3 heteroatoms. The van der Waals surface area contributed by atoms with E-state index in [1.807, 2.05) is 11.9 Å². The average Bonchev–Trinajstić information content (AvgIpc) is 2.11. The molecule has 13 heavy (non-hydrogen) atoms. The van der Waals surface area contributed by atoms with Crippen molar-refractivity contribution in [3.63, 3.8) is 0 Å². The summed E-state index contributed by atoms with van der Waals surface area (Å²) >= 11 is 0. The zero-order valence-electron chi connectivity index (χ0n) is 8.84. The van der Waals surface area contributed by atoms with E-state index in [1.165, 1.54) is 0 Å². The molecule has 1 heterocycles. The van der Waals surface area contributed by atoms with Crippen molar-refractivity contribution in [2.24, 2.45) is 0 Å². The molecule has 0 aromatic carbocycles. The van der Waals surface area contributed by atoms with Crippen LogP contribution in [0.4, 0.5) is 0 Å². The van der Waals surface area contributed by atoms with Gasteiger partial charge in [-0.05, 0) is 19.8 Å². The molecular formula is C10H20N2O. The topological polar surface area (TPSA) is 32.3 Å². The lowest BCUT2D eigenvalue weighted by molar-refractivity contribution is -0.132. The second kappa shape index (κ2) is 4.61. The summed E-state index contributed by atoms with van der Waals surface area (Å²) in [5.74, 6) is 0.280. The minimum absolute atomic E-state index is 0.280. The number of piperidine rings is 1. The third kappa shape index (κ3) is 2.99. The number of carbonyl (C=O) groups is 1. The second-order valence-corrected chi connectivity index (χ2v) is 3.99. The van der Waals surface area contributed by atoms with Crippen LogP contribution in [-0.2, 0) is 4.79 Å². The molecule has 0 aromatic heterocycles. The molecule has 1 fully saturated rings. The molecule has 0 radical (unpaired) electrons. The molecule has 3 nitrogen and oxygen atoms in total. The van der Waals surface area contributed by atoms with Gasteiger partial charge in [-0.25, -0.2) is 0 Å². The number of hydrogen-bond acceptors (Lipinski definition) is 2. The smallest absolute Gasteiger partial charge is 0.222 e. The van der Waals surface area contributed by atoms with Crippen molar-refractivity contribution < 1.29 is 4.79 Å². The van der Waals surface area contributed by atoms with Crippen LogP contribution in [0.25, 0.3) is 0 Å². The minimum Gasteiger partial charge on any atom is -0.344 e. The largest absolute Gasteiger partial charge is 0.344 e. The molecular weight excluding hydrogens is 164 g/mol. The van der Waals surface area contributed by atoms with Gasteiger partial charge >= 0.3 is 0 Å². The molecule has 0 saturated carbocycles. The van der Waals surface area contributed by atoms with Crippen molar-refractivity contribution in [1.29, 1.82) is 0 Å². The molecule has 1 saturated heterocycles. The monoisotopic (exact) mass is 184 g/mol. The summed E-state index contributed by atoms with van der Waals surface area (Å²) in [6, 6.07) is 1.06. The summed E-state index contributed by atoms with van der Waals surface area (Å²) < 4.78 is 0. The zero-order chi connectivity index (χ0) is 9.84. The Balaban J connectivity index is 2.33. The molecule has 2 unspecified atom stereocenters. The van der Waals surface area contributed by atoms with E-state index in [0.717, 1.165) is 19.4 Å².